The summed E-state index contributed by atoms with van der Waals surface area (Å²) in [7, 11) is 0. The molecule has 0 aliphatic carbocycles. The van der Waals surface area contributed by atoms with Gasteiger partial charge >= 0.3 is 5.69 Å². The maximum absolute atomic E-state index is 13.9. The number of thioether (sulfide) groups is 1. The minimum Gasteiger partial charge on any atom is -0.398 e. The van der Waals surface area contributed by atoms with Gasteiger partial charge in [0.15, 0.2) is 0 Å². The minimum absolute atomic E-state index is 0.293. The van der Waals surface area contributed by atoms with Crippen LogP contribution in [-0.2, 0) is 5.75 Å². The van der Waals surface area contributed by atoms with Crippen LogP contribution in [0.25, 0.3) is 0 Å². The van der Waals surface area contributed by atoms with E-state index in [1.807, 2.05) is 19.1 Å². The average Bonchev–Trinajstić information content (AvgIpc) is 2.41. The van der Waals surface area contributed by atoms with Crippen molar-refractivity contribution in [1.29, 1.82) is 0 Å². The van der Waals surface area contributed by atoms with Gasteiger partial charge in [0.05, 0.1) is 4.92 Å². The first-order valence-corrected chi connectivity index (χ1v) is 6.88. The van der Waals surface area contributed by atoms with Gasteiger partial charge in [-0.05, 0) is 24.6 Å². The Bertz CT molecular complexity index is 662. The lowest BCUT2D eigenvalue weighted by molar-refractivity contribution is -0.387. The Balaban J connectivity index is 2.21. The van der Waals surface area contributed by atoms with Crippen molar-refractivity contribution in [3.05, 3.63) is 63.5 Å². The number of rotatable bonds is 4. The Morgan fingerprint density at radius 2 is 2.10 bits per heavy atom. The molecule has 0 unspecified atom stereocenters. The molecule has 0 aromatic heterocycles. The van der Waals surface area contributed by atoms with Gasteiger partial charge in [0.25, 0.3) is 0 Å². The van der Waals surface area contributed by atoms with Crippen LogP contribution in [0.3, 0.4) is 0 Å². The van der Waals surface area contributed by atoms with E-state index in [0.29, 0.717) is 17.0 Å². The Hall–Kier alpha value is -2.08. The lowest BCUT2D eigenvalue weighted by Gasteiger charge is -2.07. The van der Waals surface area contributed by atoms with Gasteiger partial charge in [0, 0.05) is 28.0 Å². The summed E-state index contributed by atoms with van der Waals surface area (Å²) in [6, 6.07) is 9.78. The van der Waals surface area contributed by atoms with Crippen molar-refractivity contribution in [1.82, 2.24) is 0 Å². The first kappa shape index (κ1) is 14.3. The van der Waals surface area contributed by atoms with E-state index in [9.17, 15) is 14.5 Å². The Labute approximate surface area is 119 Å². The molecule has 2 aromatic rings. The highest BCUT2D eigenvalue weighted by Gasteiger charge is 2.17. The molecule has 0 saturated heterocycles. The smallest absolute Gasteiger partial charge is 0.305 e. The molecule has 0 aliphatic heterocycles. The third-order valence-electron chi connectivity index (χ3n) is 2.81. The molecule has 0 fully saturated rings. The van der Waals surface area contributed by atoms with E-state index >= 15 is 0 Å². The predicted octanol–water partition coefficient (Wildman–Crippen LogP) is 3.92. The lowest BCUT2D eigenvalue weighted by atomic mass is 10.2. The van der Waals surface area contributed by atoms with E-state index in [1.165, 1.54) is 17.8 Å². The third-order valence-corrected chi connectivity index (χ3v) is 3.93. The van der Waals surface area contributed by atoms with Gasteiger partial charge in [0.1, 0.15) is 0 Å². The zero-order valence-corrected chi connectivity index (χ0v) is 11.6. The van der Waals surface area contributed by atoms with Crippen LogP contribution in [0.15, 0.2) is 41.3 Å². The van der Waals surface area contributed by atoms with E-state index in [4.69, 9.17) is 5.73 Å². The van der Waals surface area contributed by atoms with Crippen molar-refractivity contribution in [3.63, 3.8) is 0 Å². The number of hydrogen-bond acceptors (Lipinski definition) is 4. The van der Waals surface area contributed by atoms with Crippen LogP contribution in [0.2, 0.25) is 0 Å². The number of benzene rings is 2. The van der Waals surface area contributed by atoms with E-state index in [2.05, 4.69) is 0 Å². The van der Waals surface area contributed by atoms with Gasteiger partial charge in [-0.1, -0.05) is 18.2 Å². The second-order valence-corrected chi connectivity index (χ2v) is 5.35. The molecule has 0 heterocycles. The second-order valence-electron chi connectivity index (χ2n) is 4.34. The molecule has 0 radical (unpaired) electrons. The quantitative estimate of drug-likeness (QED) is 0.401. The molecule has 6 heteroatoms. The van der Waals surface area contributed by atoms with Crippen molar-refractivity contribution in [2.45, 2.75) is 17.6 Å². The van der Waals surface area contributed by atoms with Gasteiger partial charge in [-0.2, -0.15) is 4.39 Å². The molecule has 2 N–H and O–H groups in total. The fraction of sp³-hybridized carbons (Fsp3) is 0.143. The number of hydrogen-bond donors (Lipinski definition) is 1. The highest BCUT2D eigenvalue weighted by Crippen LogP contribution is 2.31. The number of nitro groups is 1. The molecular weight excluding hydrogens is 279 g/mol. The average molecular weight is 292 g/mol. The fourth-order valence-corrected chi connectivity index (χ4v) is 2.78. The maximum atomic E-state index is 13.9. The molecule has 0 atom stereocenters. The van der Waals surface area contributed by atoms with Crippen molar-refractivity contribution in [3.8, 4) is 0 Å². The van der Waals surface area contributed by atoms with Crippen molar-refractivity contribution in [2.75, 3.05) is 5.73 Å². The van der Waals surface area contributed by atoms with Crippen LogP contribution in [0, 0.1) is 22.9 Å². The minimum atomic E-state index is -0.781. The second kappa shape index (κ2) is 5.92. The van der Waals surface area contributed by atoms with E-state index in [1.54, 1.807) is 12.1 Å². The zero-order chi connectivity index (χ0) is 14.7. The number of nitrogens with two attached hydrogens (primary N) is 1. The SMILES string of the molecule is Cc1ccc(N)c(SCc2cccc([N+](=O)[O-])c2F)c1. The first-order chi connectivity index (χ1) is 9.49. The number of nitro benzene ring substituents is 1. The predicted molar refractivity (Wildman–Crippen MR) is 78.2 cm³/mol. The summed E-state index contributed by atoms with van der Waals surface area (Å²) in [5.74, 6) is -0.488. The summed E-state index contributed by atoms with van der Waals surface area (Å²) >= 11 is 1.36. The Morgan fingerprint density at radius 3 is 2.80 bits per heavy atom. The largest absolute Gasteiger partial charge is 0.398 e. The summed E-state index contributed by atoms with van der Waals surface area (Å²) in [5.41, 5.74) is 7.32. The molecule has 104 valence electrons. The monoisotopic (exact) mass is 292 g/mol. The molecule has 4 nitrogen and oxygen atoms in total. The normalized spacial score (nSPS) is 10.5. The fourth-order valence-electron chi connectivity index (χ4n) is 1.74. The molecule has 20 heavy (non-hydrogen) atoms. The molecule has 0 saturated carbocycles. The summed E-state index contributed by atoms with van der Waals surface area (Å²) in [6.45, 7) is 1.94. The van der Waals surface area contributed by atoms with Gasteiger partial charge in [-0.25, -0.2) is 0 Å². The molecular formula is C14H13FN2O2S. The Kier molecular flexibility index (Phi) is 4.24. The molecule has 2 rings (SSSR count). The van der Waals surface area contributed by atoms with Gasteiger partial charge in [-0.15, -0.1) is 11.8 Å². The van der Waals surface area contributed by atoms with E-state index in [0.717, 1.165) is 16.5 Å². The van der Waals surface area contributed by atoms with Crippen LogP contribution in [0.1, 0.15) is 11.1 Å². The molecule has 0 aliphatic rings. The van der Waals surface area contributed by atoms with E-state index in [-0.39, 0.29) is 0 Å². The van der Waals surface area contributed by atoms with Crippen LogP contribution >= 0.6 is 11.8 Å². The first-order valence-electron chi connectivity index (χ1n) is 5.89. The Morgan fingerprint density at radius 1 is 1.35 bits per heavy atom. The van der Waals surface area contributed by atoms with Crippen LogP contribution in [0.5, 0.6) is 0 Å². The van der Waals surface area contributed by atoms with Crippen LogP contribution < -0.4 is 5.73 Å². The summed E-state index contributed by atoms with van der Waals surface area (Å²) < 4.78 is 13.9. The summed E-state index contributed by atoms with van der Waals surface area (Å²) in [5, 5.41) is 10.7. The highest BCUT2D eigenvalue weighted by molar-refractivity contribution is 7.98. The van der Waals surface area contributed by atoms with Gasteiger partial charge in [-0.3, -0.25) is 10.1 Å². The molecule has 2 aromatic carbocycles. The van der Waals surface area contributed by atoms with Crippen LogP contribution in [-0.4, -0.2) is 4.92 Å². The van der Waals surface area contributed by atoms with Crippen LogP contribution in [0.4, 0.5) is 15.8 Å². The van der Waals surface area contributed by atoms with Gasteiger partial charge < -0.3 is 5.73 Å². The summed E-state index contributed by atoms with van der Waals surface area (Å²) in [4.78, 5) is 10.8. The maximum Gasteiger partial charge on any atom is 0.305 e. The third kappa shape index (κ3) is 3.08. The van der Waals surface area contributed by atoms with Crippen molar-refractivity contribution < 1.29 is 9.31 Å². The zero-order valence-electron chi connectivity index (χ0n) is 10.8. The van der Waals surface area contributed by atoms with Crippen molar-refractivity contribution in [2.24, 2.45) is 0 Å². The molecule has 0 spiro atoms. The van der Waals surface area contributed by atoms with Gasteiger partial charge in [0.2, 0.25) is 5.82 Å². The molecule has 0 bridgehead atoms. The van der Waals surface area contributed by atoms with E-state index < -0.39 is 16.4 Å². The standard InChI is InChI=1S/C14H13FN2O2S/c1-9-5-6-11(16)13(7-9)20-8-10-3-2-4-12(14(10)15)17(18)19/h2-7H,8,16H2,1H3. The highest BCUT2D eigenvalue weighted by atomic mass is 32.2. The number of aryl methyl sites for hydroxylation is 1. The number of anilines is 1. The number of halogens is 1. The molecule has 0 amide bonds. The number of nitrogens with zero attached hydrogens (tertiary/aromatic N) is 1. The lowest BCUT2D eigenvalue weighted by Crippen LogP contribution is -1.97. The van der Waals surface area contributed by atoms with Crippen molar-refractivity contribution >= 4 is 23.1 Å². The number of nitrogen functional groups attached to an aromatic ring is 1. The topological polar surface area (TPSA) is 69.2 Å². The summed E-state index contributed by atoms with van der Waals surface area (Å²) in [6.07, 6.45) is 0.